The molecule has 0 aliphatic rings. The SMILES string of the molecule is CCN(CC[SiH2]OC(C)(C)C)C(=O)O. The van der Waals surface area contributed by atoms with E-state index < -0.39 is 15.9 Å². The molecule has 0 aliphatic heterocycles. The van der Waals surface area contributed by atoms with Crippen molar-refractivity contribution in [1.29, 1.82) is 0 Å². The summed E-state index contributed by atoms with van der Waals surface area (Å²) >= 11 is 0. The molecule has 0 spiro atoms. The Labute approximate surface area is 88.2 Å². The first-order chi connectivity index (χ1) is 6.37. The molecule has 0 aromatic rings. The summed E-state index contributed by atoms with van der Waals surface area (Å²) < 4.78 is 5.62. The Hall–Kier alpha value is -0.553. The van der Waals surface area contributed by atoms with Gasteiger partial charge in [-0.15, -0.1) is 0 Å². The Balaban J connectivity index is 3.58. The molecule has 0 fully saturated rings. The Bertz CT molecular complexity index is 179. The Morgan fingerprint density at radius 1 is 1.50 bits per heavy atom. The minimum absolute atomic E-state index is 0.0769. The van der Waals surface area contributed by atoms with Gasteiger partial charge in [0.15, 0.2) is 9.76 Å². The van der Waals surface area contributed by atoms with Gasteiger partial charge < -0.3 is 14.4 Å². The number of rotatable bonds is 5. The van der Waals surface area contributed by atoms with Crippen molar-refractivity contribution in [2.24, 2.45) is 0 Å². The average Bonchev–Trinajstić information content (AvgIpc) is 2.01. The molecule has 1 N–H and O–H groups in total. The third kappa shape index (κ3) is 6.91. The van der Waals surface area contributed by atoms with Gasteiger partial charge in [-0.05, 0) is 33.7 Å². The smallest absolute Gasteiger partial charge is 0.407 e. The van der Waals surface area contributed by atoms with Crippen molar-refractivity contribution in [2.75, 3.05) is 13.1 Å². The van der Waals surface area contributed by atoms with E-state index in [1.807, 2.05) is 27.7 Å². The third-order valence-electron chi connectivity index (χ3n) is 1.76. The summed E-state index contributed by atoms with van der Waals surface area (Å²) in [5.41, 5.74) is -0.0769. The molecule has 84 valence electrons. The van der Waals surface area contributed by atoms with Crippen molar-refractivity contribution >= 4 is 15.9 Å². The van der Waals surface area contributed by atoms with Crippen LogP contribution in [-0.4, -0.2) is 44.6 Å². The van der Waals surface area contributed by atoms with Crippen LogP contribution in [0.1, 0.15) is 27.7 Å². The van der Waals surface area contributed by atoms with Crippen LogP contribution < -0.4 is 0 Å². The summed E-state index contributed by atoms with van der Waals surface area (Å²) in [6.07, 6.45) is -0.836. The van der Waals surface area contributed by atoms with Crippen LogP contribution in [0, 0.1) is 0 Å². The van der Waals surface area contributed by atoms with E-state index in [4.69, 9.17) is 9.53 Å². The van der Waals surface area contributed by atoms with Crippen molar-refractivity contribution in [3.8, 4) is 0 Å². The summed E-state index contributed by atoms with van der Waals surface area (Å²) in [5.74, 6) is 0. The highest BCUT2D eigenvalue weighted by Gasteiger charge is 2.11. The van der Waals surface area contributed by atoms with Crippen molar-refractivity contribution in [2.45, 2.75) is 39.3 Å². The van der Waals surface area contributed by atoms with Crippen molar-refractivity contribution in [3.05, 3.63) is 0 Å². The molecule has 14 heavy (non-hydrogen) atoms. The van der Waals surface area contributed by atoms with E-state index in [0.29, 0.717) is 13.1 Å². The number of carbonyl (C=O) groups is 1. The summed E-state index contributed by atoms with van der Waals surface area (Å²) in [4.78, 5) is 12.0. The molecule has 0 saturated heterocycles. The molecule has 0 saturated carbocycles. The topological polar surface area (TPSA) is 49.8 Å². The standard InChI is InChI=1S/C9H21NO3Si/c1-5-10(8(11)12)6-7-14-13-9(2,3)4/h5-7,14H2,1-4H3,(H,11,12). The van der Waals surface area contributed by atoms with Gasteiger partial charge in [0, 0.05) is 18.7 Å². The predicted molar refractivity (Wildman–Crippen MR) is 59.5 cm³/mol. The second-order valence-electron chi connectivity index (χ2n) is 4.18. The predicted octanol–water partition coefficient (Wildman–Crippen LogP) is 1.30. The van der Waals surface area contributed by atoms with E-state index in [1.54, 1.807) is 0 Å². The van der Waals surface area contributed by atoms with E-state index in [9.17, 15) is 4.79 Å². The first kappa shape index (κ1) is 13.4. The van der Waals surface area contributed by atoms with Gasteiger partial charge in [0.1, 0.15) is 0 Å². The van der Waals surface area contributed by atoms with E-state index in [0.717, 1.165) is 6.04 Å². The van der Waals surface area contributed by atoms with Crippen LogP contribution in [0.5, 0.6) is 0 Å². The molecule has 0 radical (unpaired) electrons. The highest BCUT2D eigenvalue weighted by Crippen LogP contribution is 2.06. The highest BCUT2D eigenvalue weighted by molar-refractivity contribution is 6.27. The summed E-state index contributed by atoms with van der Waals surface area (Å²) in [6.45, 7) is 9.08. The van der Waals surface area contributed by atoms with E-state index >= 15 is 0 Å². The minimum Gasteiger partial charge on any atom is -0.465 e. The number of amides is 1. The summed E-state index contributed by atoms with van der Waals surface area (Å²) in [6, 6.07) is 0.886. The zero-order valence-corrected chi connectivity index (χ0v) is 11.0. The van der Waals surface area contributed by atoms with Gasteiger partial charge in [-0.3, -0.25) is 0 Å². The molecule has 5 heteroatoms. The molecular formula is C9H21NO3Si. The molecule has 0 bridgehead atoms. The van der Waals surface area contributed by atoms with Crippen LogP contribution in [-0.2, 0) is 4.43 Å². The zero-order chi connectivity index (χ0) is 11.2. The second kappa shape index (κ2) is 6.03. The van der Waals surface area contributed by atoms with Gasteiger partial charge in [-0.2, -0.15) is 0 Å². The van der Waals surface area contributed by atoms with Crippen LogP contribution in [0.2, 0.25) is 6.04 Å². The van der Waals surface area contributed by atoms with Crippen LogP contribution in [0.15, 0.2) is 0 Å². The fourth-order valence-electron chi connectivity index (χ4n) is 1.02. The molecular weight excluding hydrogens is 198 g/mol. The van der Waals surface area contributed by atoms with Crippen LogP contribution in [0.4, 0.5) is 4.79 Å². The van der Waals surface area contributed by atoms with E-state index in [-0.39, 0.29) is 5.60 Å². The van der Waals surface area contributed by atoms with Crippen LogP contribution in [0.25, 0.3) is 0 Å². The number of hydrogen-bond acceptors (Lipinski definition) is 2. The monoisotopic (exact) mass is 219 g/mol. The lowest BCUT2D eigenvalue weighted by molar-refractivity contribution is 0.134. The maximum atomic E-state index is 10.6. The maximum absolute atomic E-state index is 10.6. The molecule has 0 rings (SSSR count). The Kier molecular flexibility index (Phi) is 5.79. The molecule has 0 aromatic heterocycles. The summed E-state index contributed by atoms with van der Waals surface area (Å²) in [5, 5.41) is 8.73. The maximum Gasteiger partial charge on any atom is 0.407 e. The largest absolute Gasteiger partial charge is 0.465 e. The lowest BCUT2D eigenvalue weighted by Gasteiger charge is -2.21. The van der Waals surface area contributed by atoms with Crippen LogP contribution in [0.3, 0.4) is 0 Å². The van der Waals surface area contributed by atoms with Gasteiger partial charge in [0.2, 0.25) is 0 Å². The average molecular weight is 219 g/mol. The fraction of sp³-hybridized carbons (Fsp3) is 0.889. The summed E-state index contributed by atoms with van der Waals surface area (Å²) in [7, 11) is -0.582. The second-order valence-corrected chi connectivity index (χ2v) is 5.58. The third-order valence-corrected chi connectivity index (χ3v) is 3.43. The van der Waals surface area contributed by atoms with E-state index in [2.05, 4.69) is 0 Å². The molecule has 4 nitrogen and oxygen atoms in total. The van der Waals surface area contributed by atoms with E-state index in [1.165, 1.54) is 4.90 Å². The molecule has 0 heterocycles. The fourth-order valence-corrected chi connectivity index (χ4v) is 2.29. The van der Waals surface area contributed by atoms with Crippen LogP contribution >= 0.6 is 0 Å². The first-order valence-corrected chi connectivity index (χ1v) is 6.56. The quantitative estimate of drug-likeness (QED) is 0.560. The highest BCUT2D eigenvalue weighted by atomic mass is 28.2. The number of carboxylic acid groups (broad SMARTS) is 1. The van der Waals surface area contributed by atoms with Gasteiger partial charge in [-0.1, -0.05) is 0 Å². The van der Waals surface area contributed by atoms with Crippen molar-refractivity contribution in [3.63, 3.8) is 0 Å². The normalized spacial score (nSPS) is 12.3. The first-order valence-electron chi connectivity index (χ1n) is 4.98. The van der Waals surface area contributed by atoms with Crippen molar-refractivity contribution < 1.29 is 14.3 Å². The lowest BCUT2D eigenvalue weighted by Crippen LogP contribution is -2.31. The van der Waals surface area contributed by atoms with Gasteiger partial charge in [0.05, 0.1) is 0 Å². The molecule has 0 aromatic carbocycles. The Morgan fingerprint density at radius 2 is 2.07 bits per heavy atom. The minimum atomic E-state index is -0.836. The molecule has 1 amide bonds. The van der Waals surface area contributed by atoms with Gasteiger partial charge in [0.25, 0.3) is 0 Å². The zero-order valence-electron chi connectivity index (χ0n) is 9.54. The van der Waals surface area contributed by atoms with Gasteiger partial charge in [-0.25, -0.2) is 4.79 Å². The Morgan fingerprint density at radius 3 is 2.43 bits per heavy atom. The molecule has 0 unspecified atom stereocenters. The van der Waals surface area contributed by atoms with Gasteiger partial charge >= 0.3 is 6.09 Å². The molecule has 0 atom stereocenters. The number of hydrogen-bond donors (Lipinski definition) is 1. The van der Waals surface area contributed by atoms with Crippen molar-refractivity contribution in [1.82, 2.24) is 4.90 Å². The lowest BCUT2D eigenvalue weighted by atomic mass is 10.2. The number of nitrogens with zero attached hydrogens (tertiary/aromatic N) is 1. The molecule has 0 aliphatic carbocycles.